The molecule has 0 aromatic carbocycles. The van der Waals surface area contributed by atoms with Gasteiger partial charge in [0.05, 0.1) is 7.11 Å². The Hall–Kier alpha value is -1.18. The minimum atomic E-state index is 0.389. The highest BCUT2D eigenvalue weighted by Gasteiger charge is 2.23. The zero-order chi connectivity index (χ0) is 14.7. The standard InChI is InChI=1S/C14H17BrN4OS/c1-20-13-2-4-16-14(18-13)17-11-3-5-19(7-11)8-12-6-10(15)9-21-12/h2,4,6,9,11H,3,5,7-8H2,1H3,(H,16,17,18). The average molecular weight is 369 g/mol. The first-order valence-corrected chi connectivity index (χ1v) is 8.49. The molecule has 2 aromatic heterocycles. The molecule has 0 spiro atoms. The van der Waals surface area contributed by atoms with Gasteiger partial charge in [-0.05, 0) is 28.4 Å². The van der Waals surface area contributed by atoms with E-state index in [0.717, 1.165) is 26.1 Å². The van der Waals surface area contributed by atoms with E-state index in [4.69, 9.17) is 4.74 Å². The lowest BCUT2D eigenvalue weighted by atomic mass is 10.3. The smallest absolute Gasteiger partial charge is 0.226 e. The zero-order valence-corrected chi connectivity index (χ0v) is 14.2. The van der Waals surface area contributed by atoms with E-state index in [9.17, 15) is 0 Å². The molecule has 1 saturated heterocycles. The van der Waals surface area contributed by atoms with Crippen molar-refractivity contribution in [1.29, 1.82) is 0 Å². The van der Waals surface area contributed by atoms with Crippen LogP contribution in [-0.4, -0.2) is 41.1 Å². The first kappa shape index (κ1) is 14.7. The van der Waals surface area contributed by atoms with Crippen molar-refractivity contribution in [3.8, 4) is 5.88 Å². The van der Waals surface area contributed by atoms with Crippen LogP contribution in [0.5, 0.6) is 5.88 Å². The normalized spacial score (nSPS) is 18.9. The highest BCUT2D eigenvalue weighted by atomic mass is 79.9. The van der Waals surface area contributed by atoms with Gasteiger partial charge in [-0.3, -0.25) is 4.90 Å². The van der Waals surface area contributed by atoms with Crippen LogP contribution in [0.4, 0.5) is 5.95 Å². The fraction of sp³-hybridized carbons (Fsp3) is 0.429. The van der Waals surface area contributed by atoms with E-state index in [2.05, 4.69) is 47.6 Å². The number of nitrogens with zero attached hydrogens (tertiary/aromatic N) is 3. The van der Waals surface area contributed by atoms with Crippen LogP contribution in [-0.2, 0) is 6.54 Å². The molecular formula is C14H17BrN4OS. The molecule has 0 amide bonds. The van der Waals surface area contributed by atoms with Gasteiger partial charge in [-0.1, -0.05) is 0 Å². The van der Waals surface area contributed by atoms with Crippen LogP contribution in [0.15, 0.2) is 28.2 Å². The molecule has 0 saturated carbocycles. The van der Waals surface area contributed by atoms with Crippen LogP contribution >= 0.6 is 27.3 Å². The SMILES string of the molecule is COc1ccnc(NC2CCN(Cc3cc(Br)cs3)C2)n1. The lowest BCUT2D eigenvalue weighted by Crippen LogP contribution is -2.26. The molecule has 3 rings (SSSR count). The summed E-state index contributed by atoms with van der Waals surface area (Å²) in [6, 6.07) is 4.33. The summed E-state index contributed by atoms with van der Waals surface area (Å²) in [5.74, 6) is 1.23. The van der Waals surface area contributed by atoms with Crippen molar-refractivity contribution < 1.29 is 4.74 Å². The number of likely N-dealkylation sites (tertiary alicyclic amines) is 1. The Morgan fingerprint density at radius 3 is 3.24 bits per heavy atom. The van der Waals surface area contributed by atoms with Crippen LogP contribution in [0.3, 0.4) is 0 Å². The molecule has 1 fully saturated rings. The number of anilines is 1. The molecule has 1 unspecified atom stereocenters. The van der Waals surface area contributed by atoms with Crippen LogP contribution in [0.25, 0.3) is 0 Å². The van der Waals surface area contributed by atoms with E-state index in [1.165, 1.54) is 9.35 Å². The summed E-state index contributed by atoms with van der Waals surface area (Å²) in [6.07, 6.45) is 2.82. The van der Waals surface area contributed by atoms with Gasteiger partial charge in [-0.25, -0.2) is 4.98 Å². The minimum absolute atomic E-state index is 0.389. The topological polar surface area (TPSA) is 50.3 Å². The van der Waals surface area contributed by atoms with Gasteiger partial charge in [-0.2, -0.15) is 4.98 Å². The number of thiophene rings is 1. The van der Waals surface area contributed by atoms with E-state index >= 15 is 0 Å². The summed E-state index contributed by atoms with van der Waals surface area (Å²) in [6.45, 7) is 3.11. The van der Waals surface area contributed by atoms with Crippen LogP contribution in [0.2, 0.25) is 0 Å². The Morgan fingerprint density at radius 1 is 1.57 bits per heavy atom. The molecule has 0 aliphatic carbocycles. The van der Waals surface area contributed by atoms with Gasteiger partial charge >= 0.3 is 0 Å². The van der Waals surface area contributed by atoms with E-state index in [1.807, 2.05) is 0 Å². The fourth-order valence-corrected chi connectivity index (χ4v) is 3.95. The maximum Gasteiger partial charge on any atom is 0.226 e. The monoisotopic (exact) mass is 368 g/mol. The Balaban J connectivity index is 1.54. The number of rotatable bonds is 5. The van der Waals surface area contributed by atoms with Gasteiger partial charge < -0.3 is 10.1 Å². The highest BCUT2D eigenvalue weighted by molar-refractivity contribution is 9.10. The van der Waals surface area contributed by atoms with Crippen molar-refractivity contribution in [2.45, 2.75) is 19.0 Å². The van der Waals surface area contributed by atoms with Crippen molar-refractivity contribution in [2.75, 3.05) is 25.5 Å². The van der Waals surface area contributed by atoms with Crippen molar-refractivity contribution in [2.24, 2.45) is 0 Å². The Bertz CT molecular complexity index is 606. The molecule has 7 heteroatoms. The maximum absolute atomic E-state index is 5.12. The Morgan fingerprint density at radius 2 is 2.48 bits per heavy atom. The van der Waals surface area contributed by atoms with Crippen molar-refractivity contribution in [3.05, 3.63) is 33.1 Å². The van der Waals surface area contributed by atoms with Gasteiger partial charge in [0.1, 0.15) is 0 Å². The molecule has 1 aliphatic heterocycles. The summed E-state index contributed by atoms with van der Waals surface area (Å²) in [7, 11) is 1.61. The average Bonchev–Trinajstić information content (AvgIpc) is 3.09. The van der Waals surface area contributed by atoms with E-state index in [-0.39, 0.29) is 0 Å². The number of ether oxygens (including phenoxy) is 1. The van der Waals surface area contributed by atoms with E-state index in [1.54, 1.807) is 30.7 Å². The minimum Gasteiger partial charge on any atom is -0.481 e. The molecule has 5 nitrogen and oxygen atoms in total. The largest absolute Gasteiger partial charge is 0.481 e. The van der Waals surface area contributed by atoms with Crippen LogP contribution < -0.4 is 10.1 Å². The number of aromatic nitrogens is 2. The molecular weight excluding hydrogens is 352 g/mol. The molecule has 1 N–H and O–H groups in total. The highest BCUT2D eigenvalue weighted by Crippen LogP contribution is 2.23. The van der Waals surface area contributed by atoms with Gasteiger partial charge in [-0.15, -0.1) is 11.3 Å². The molecule has 112 valence electrons. The second-order valence-electron chi connectivity index (χ2n) is 5.02. The summed E-state index contributed by atoms with van der Waals surface area (Å²) in [5.41, 5.74) is 0. The summed E-state index contributed by atoms with van der Waals surface area (Å²) in [4.78, 5) is 12.4. The first-order valence-electron chi connectivity index (χ1n) is 6.82. The maximum atomic E-state index is 5.12. The van der Waals surface area contributed by atoms with E-state index in [0.29, 0.717) is 17.9 Å². The molecule has 1 atom stereocenters. The number of hydrogen-bond donors (Lipinski definition) is 1. The van der Waals surface area contributed by atoms with Crippen molar-refractivity contribution >= 4 is 33.2 Å². The summed E-state index contributed by atoms with van der Waals surface area (Å²) >= 11 is 5.30. The van der Waals surface area contributed by atoms with Gasteiger partial charge in [0.25, 0.3) is 0 Å². The third kappa shape index (κ3) is 3.93. The first-order chi connectivity index (χ1) is 10.2. The number of halogens is 1. The Kier molecular flexibility index (Phi) is 4.72. The number of hydrogen-bond acceptors (Lipinski definition) is 6. The van der Waals surface area contributed by atoms with E-state index < -0.39 is 0 Å². The number of methoxy groups -OCH3 is 1. The quantitative estimate of drug-likeness (QED) is 0.878. The van der Waals surface area contributed by atoms with Crippen molar-refractivity contribution in [3.63, 3.8) is 0 Å². The zero-order valence-electron chi connectivity index (χ0n) is 11.8. The molecule has 2 aromatic rings. The summed E-state index contributed by atoms with van der Waals surface area (Å²) in [5, 5.41) is 5.52. The van der Waals surface area contributed by atoms with Gasteiger partial charge in [0.15, 0.2) is 0 Å². The van der Waals surface area contributed by atoms with Crippen molar-refractivity contribution in [1.82, 2.24) is 14.9 Å². The third-order valence-corrected chi connectivity index (χ3v) is 5.13. The predicted molar refractivity (Wildman–Crippen MR) is 87.9 cm³/mol. The van der Waals surface area contributed by atoms with Gasteiger partial charge in [0, 0.05) is 52.7 Å². The summed E-state index contributed by atoms with van der Waals surface area (Å²) < 4.78 is 6.28. The lowest BCUT2D eigenvalue weighted by Gasteiger charge is -2.15. The molecule has 1 aliphatic rings. The molecule has 21 heavy (non-hydrogen) atoms. The Labute approximate surface area is 136 Å². The molecule has 0 radical (unpaired) electrons. The second-order valence-corrected chi connectivity index (χ2v) is 6.93. The fourth-order valence-electron chi connectivity index (χ4n) is 2.46. The third-order valence-electron chi connectivity index (χ3n) is 3.45. The van der Waals surface area contributed by atoms with Gasteiger partial charge in [0.2, 0.25) is 11.8 Å². The number of nitrogens with one attached hydrogen (secondary N) is 1. The van der Waals surface area contributed by atoms with Crippen LogP contribution in [0, 0.1) is 0 Å². The predicted octanol–water partition coefficient (Wildman–Crippen LogP) is 3.00. The second kappa shape index (κ2) is 6.72. The van der Waals surface area contributed by atoms with Crippen LogP contribution in [0.1, 0.15) is 11.3 Å². The lowest BCUT2D eigenvalue weighted by molar-refractivity contribution is 0.331. The molecule has 3 heterocycles. The molecule has 0 bridgehead atoms.